The molecular formula is C4H9IZn. The van der Waals surface area contributed by atoms with Crippen molar-refractivity contribution in [3.63, 3.8) is 0 Å². The van der Waals surface area contributed by atoms with Gasteiger partial charge in [0.1, 0.15) is 0 Å². The van der Waals surface area contributed by atoms with Crippen molar-refractivity contribution in [2.45, 2.75) is 19.8 Å². The van der Waals surface area contributed by atoms with Gasteiger partial charge >= 0.3 is 34.5 Å². The van der Waals surface area contributed by atoms with E-state index in [-0.39, 0.29) is 0 Å². The Bertz CT molecular complexity index is 9.51. The zero-order valence-electron chi connectivity index (χ0n) is 4.21. The van der Waals surface area contributed by atoms with Crippen LogP contribution in [0.1, 0.15) is 19.8 Å². The third-order valence-electron chi connectivity index (χ3n) is 0.354. The van der Waals surface area contributed by atoms with E-state index in [1.165, 1.54) is 21.2 Å². The van der Waals surface area contributed by atoms with E-state index in [1.807, 2.05) is 0 Å². The minimum atomic E-state index is 1.07. The topological polar surface area (TPSA) is 0 Å². The number of hydrogen-bond acceptors (Lipinski definition) is 0. The van der Waals surface area contributed by atoms with Crippen LogP contribution >= 0.6 is 19.8 Å². The van der Waals surface area contributed by atoms with Gasteiger partial charge in [-0.25, -0.2) is 0 Å². The van der Waals surface area contributed by atoms with Crippen LogP contribution in [0.4, 0.5) is 0 Å². The first-order valence-corrected chi connectivity index (χ1v) is 11.0. The predicted molar refractivity (Wildman–Crippen MR) is 34.3 cm³/mol. The van der Waals surface area contributed by atoms with Crippen molar-refractivity contribution in [2.75, 3.05) is 0 Å². The van der Waals surface area contributed by atoms with E-state index in [9.17, 15) is 0 Å². The fourth-order valence-corrected chi connectivity index (χ4v) is 0. The monoisotopic (exact) mass is 248 g/mol. The van der Waals surface area contributed by atoms with Crippen LogP contribution in [0, 0.1) is 6.92 Å². The van der Waals surface area contributed by atoms with Crippen LogP contribution in [0.15, 0.2) is 0 Å². The van der Waals surface area contributed by atoms with E-state index in [0.717, 1.165) is 6.42 Å². The minimum absolute atomic E-state index is 1.07. The summed E-state index contributed by atoms with van der Waals surface area (Å²) in [5.41, 5.74) is 0. The summed E-state index contributed by atoms with van der Waals surface area (Å²) in [6.45, 7) is 5.72. The van der Waals surface area contributed by atoms with Crippen LogP contribution in [-0.2, 0) is 14.8 Å². The first kappa shape index (κ1) is 10.4. The second kappa shape index (κ2) is 16.2. The number of hydrogen-bond donors (Lipinski definition) is 0. The quantitative estimate of drug-likeness (QED) is 0.380. The number of rotatable bonds is 1. The fraction of sp³-hybridized carbons (Fsp3) is 0.750. The van der Waals surface area contributed by atoms with Gasteiger partial charge in [-0.15, -0.1) is 0 Å². The molecule has 0 fully saturated rings. The fourth-order valence-electron chi connectivity index (χ4n) is 0. The molecule has 0 saturated heterocycles. The summed E-state index contributed by atoms with van der Waals surface area (Å²) in [4.78, 5) is 0. The molecule has 0 bridgehead atoms. The molecule has 0 aliphatic carbocycles. The van der Waals surface area contributed by atoms with Gasteiger partial charge in [0.05, 0.1) is 0 Å². The summed E-state index contributed by atoms with van der Waals surface area (Å²) in [5, 5.41) is 0. The molecule has 0 radical (unpaired) electrons. The first-order chi connectivity index (χ1) is 2.91. The Morgan fingerprint density at radius 2 is 1.83 bits per heavy atom. The van der Waals surface area contributed by atoms with Crippen LogP contribution in [0.3, 0.4) is 0 Å². The Morgan fingerprint density at radius 3 is 1.83 bits per heavy atom. The average molecular weight is 249 g/mol. The molecule has 0 aliphatic rings. The molecule has 0 N–H and O–H groups in total. The first-order valence-electron chi connectivity index (χ1n) is 1.97. The van der Waals surface area contributed by atoms with Gasteiger partial charge in [-0.2, -0.15) is 6.42 Å². The molecule has 0 aromatic carbocycles. The third kappa shape index (κ3) is 18.3. The Morgan fingerprint density at radius 1 is 1.67 bits per heavy atom. The molecular weight excluding hydrogens is 240 g/mol. The Balaban J connectivity index is 0. The standard InChI is InChI=1S/C4H9.HI.Zn/c1-3-4-2;;/h1,3-4H2,2H3;1H;/q-1;;+2/p-1. The van der Waals surface area contributed by atoms with Crippen LogP contribution in [0.2, 0.25) is 0 Å². The van der Waals surface area contributed by atoms with Gasteiger partial charge in [0, 0.05) is 0 Å². The number of unbranched alkanes of at least 4 members (excludes halogenated alkanes) is 1. The van der Waals surface area contributed by atoms with Crippen molar-refractivity contribution in [2.24, 2.45) is 0 Å². The van der Waals surface area contributed by atoms with E-state index in [0.29, 0.717) is 0 Å². The van der Waals surface area contributed by atoms with Crippen molar-refractivity contribution in [3.8, 4) is 0 Å². The Kier molecular flexibility index (Phi) is 28.0. The van der Waals surface area contributed by atoms with Crippen molar-refractivity contribution >= 4 is 19.8 Å². The summed E-state index contributed by atoms with van der Waals surface area (Å²) in [6.07, 6.45) is 2.28. The second-order valence-corrected chi connectivity index (χ2v) is 0.854. The zero-order chi connectivity index (χ0) is 5.41. The van der Waals surface area contributed by atoms with E-state index in [4.69, 9.17) is 0 Å². The molecule has 0 amide bonds. The van der Waals surface area contributed by atoms with Crippen LogP contribution < -0.4 is 0 Å². The molecule has 6 heavy (non-hydrogen) atoms. The maximum atomic E-state index is 3.60. The number of halogens is 1. The predicted octanol–water partition coefficient (Wildman–Crippen LogP) is 2.50. The van der Waals surface area contributed by atoms with Crippen molar-refractivity contribution in [1.82, 2.24) is 0 Å². The molecule has 0 heterocycles. The summed E-state index contributed by atoms with van der Waals surface area (Å²) >= 11 is 3.62. The molecule has 0 unspecified atom stereocenters. The van der Waals surface area contributed by atoms with Crippen molar-refractivity contribution < 1.29 is 14.8 Å². The zero-order valence-corrected chi connectivity index (χ0v) is 9.33. The molecule has 0 aromatic heterocycles. The molecule has 0 atom stereocenters. The van der Waals surface area contributed by atoms with Gasteiger partial charge in [-0.1, -0.05) is 13.3 Å². The van der Waals surface area contributed by atoms with Gasteiger partial charge in [0.25, 0.3) is 0 Å². The summed E-state index contributed by atoms with van der Waals surface area (Å²) in [6, 6.07) is 0. The second-order valence-electron chi connectivity index (χ2n) is 0.854. The molecule has 2 heteroatoms. The van der Waals surface area contributed by atoms with Crippen LogP contribution in [0.5, 0.6) is 0 Å². The summed E-state index contributed by atoms with van der Waals surface area (Å²) in [5.74, 6) is 0. The van der Waals surface area contributed by atoms with Crippen LogP contribution in [0.25, 0.3) is 0 Å². The SMILES string of the molecule is [CH2-]CCC.[Zn+][I]. The van der Waals surface area contributed by atoms with Gasteiger partial charge in [0.15, 0.2) is 0 Å². The third-order valence-corrected chi connectivity index (χ3v) is 0.354. The molecule has 0 aromatic rings. The van der Waals surface area contributed by atoms with Gasteiger partial charge in [-0.05, 0) is 0 Å². The molecule has 0 aliphatic heterocycles. The van der Waals surface area contributed by atoms with Crippen LogP contribution in [-0.4, -0.2) is 0 Å². The summed E-state index contributed by atoms with van der Waals surface area (Å²) in [7, 11) is 0. The van der Waals surface area contributed by atoms with Crippen molar-refractivity contribution in [1.29, 1.82) is 0 Å². The molecule has 0 rings (SSSR count). The van der Waals surface area contributed by atoms with Gasteiger partial charge in [0.2, 0.25) is 0 Å². The normalized spacial score (nSPS) is 6.17. The van der Waals surface area contributed by atoms with Gasteiger partial charge < -0.3 is 6.92 Å². The maximum absolute atomic E-state index is 3.60. The Hall–Kier alpha value is 1.35. The summed E-state index contributed by atoms with van der Waals surface area (Å²) < 4.78 is 0. The van der Waals surface area contributed by atoms with E-state index in [2.05, 4.69) is 33.6 Å². The van der Waals surface area contributed by atoms with E-state index < -0.39 is 0 Å². The Labute approximate surface area is 60.9 Å². The van der Waals surface area contributed by atoms with Crippen molar-refractivity contribution in [3.05, 3.63) is 6.92 Å². The molecule has 0 saturated carbocycles. The van der Waals surface area contributed by atoms with E-state index >= 15 is 0 Å². The van der Waals surface area contributed by atoms with E-state index in [1.54, 1.807) is 0 Å². The molecule has 34 valence electrons. The average Bonchev–Trinajstić information content (AvgIpc) is 1.72. The molecule has 0 nitrogen and oxygen atoms in total. The molecule has 0 spiro atoms. The van der Waals surface area contributed by atoms with Gasteiger partial charge in [-0.3, -0.25) is 0 Å².